The molecule has 0 aliphatic rings. The highest BCUT2D eigenvalue weighted by Crippen LogP contribution is 2.25. The molecule has 76 valence electrons. The Kier molecular flexibility index (Phi) is 5.60. The molecule has 2 nitrogen and oxygen atoms in total. The Bertz CT molecular complexity index is 177. The van der Waals surface area contributed by atoms with Crippen LogP contribution in [0.4, 0.5) is 0 Å². The predicted octanol–water partition coefficient (Wildman–Crippen LogP) is 3.77. The number of hydrogen-bond acceptors (Lipinski definition) is 2. The second-order valence-electron chi connectivity index (χ2n) is 4.02. The minimum absolute atomic E-state index is 0.207. The van der Waals surface area contributed by atoms with Crippen molar-refractivity contribution in [2.45, 2.75) is 46.6 Å². The highest BCUT2D eigenvalue weighted by atomic mass is 16.3. The lowest BCUT2D eigenvalue weighted by Crippen LogP contribution is -2.22. The molecule has 0 fully saturated rings. The topological polar surface area (TPSA) is 29.4 Å². The van der Waals surface area contributed by atoms with Crippen molar-refractivity contribution in [2.75, 3.05) is 0 Å². The van der Waals surface area contributed by atoms with Crippen molar-refractivity contribution in [3.63, 3.8) is 0 Å². The molecule has 0 saturated carbocycles. The summed E-state index contributed by atoms with van der Waals surface area (Å²) in [5, 5.41) is 3.14. The standard InChI is InChI=1S/C11H21NO/c1-6-7-9(4)10(5)11(12-13)8(2)3/h9-11H,2,6-7H2,1,3-5H3/t9-,10-,11+/m1/s1. The Morgan fingerprint density at radius 1 is 1.46 bits per heavy atom. The van der Waals surface area contributed by atoms with E-state index in [0.29, 0.717) is 11.8 Å². The van der Waals surface area contributed by atoms with Crippen LogP contribution in [0.2, 0.25) is 0 Å². The number of nitroso groups, excluding NO2 is 1. The summed E-state index contributed by atoms with van der Waals surface area (Å²) >= 11 is 0. The van der Waals surface area contributed by atoms with E-state index >= 15 is 0 Å². The minimum Gasteiger partial charge on any atom is -0.150 e. The fourth-order valence-corrected chi connectivity index (χ4v) is 1.66. The van der Waals surface area contributed by atoms with Gasteiger partial charge in [-0.15, -0.1) is 0 Å². The number of rotatable bonds is 6. The first-order valence-corrected chi connectivity index (χ1v) is 5.02. The third-order valence-electron chi connectivity index (χ3n) is 2.76. The van der Waals surface area contributed by atoms with E-state index < -0.39 is 0 Å². The maximum absolute atomic E-state index is 10.6. The molecule has 3 atom stereocenters. The van der Waals surface area contributed by atoms with E-state index in [1.165, 1.54) is 0 Å². The molecular weight excluding hydrogens is 162 g/mol. The molecule has 2 heteroatoms. The van der Waals surface area contributed by atoms with Gasteiger partial charge in [0.05, 0.1) is 0 Å². The normalized spacial score (nSPS) is 17.5. The summed E-state index contributed by atoms with van der Waals surface area (Å²) in [6, 6.07) is -0.207. The second-order valence-corrected chi connectivity index (χ2v) is 4.02. The van der Waals surface area contributed by atoms with E-state index in [1.807, 2.05) is 6.92 Å². The molecule has 0 unspecified atom stereocenters. The average molecular weight is 183 g/mol. The quantitative estimate of drug-likeness (QED) is 0.455. The first-order valence-electron chi connectivity index (χ1n) is 5.02. The monoisotopic (exact) mass is 183 g/mol. The van der Waals surface area contributed by atoms with Crippen LogP contribution in [0.25, 0.3) is 0 Å². The van der Waals surface area contributed by atoms with Crippen molar-refractivity contribution in [3.8, 4) is 0 Å². The summed E-state index contributed by atoms with van der Waals surface area (Å²) in [6.07, 6.45) is 2.31. The lowest BCUT2D eigenvalue weighted by atomic mass is 9.84. The van der Waals surface area contributed by atoms with E-state index in [2.05, 4.69) is 32.5 Å². The summed E-state index contributed by atoms with van der Waals surface area (Å²) < 4.78 is 0. The molecule has 0 aromatic carbocycles. The van der Waals surface area contributed by atoms with E-state index in [4.69, 9.17) is 0 Å². The molecule has 0 bridgehead atoms. The Balaban J connectivity index is 4.26. The van der Waals surface area contributed by atoms with Crippen LogP contribution in [0, 0.1) is 16.7 Å². The van der Waals surface area contributed by atoms with Gasteiger partial charge in [0.15, 0.2) is 0 Å². The Morgan fingerprint density at radius 2 is 2.00 bits per heavy atom. The van der Waals surface area contributed by atoms with E-state index in [1.54, 1.807) is 0 Å². The van der Waals surface area contributed by atoms with Crippen LogP contribution in [0.15, 0.2) is 17.3 Å². The number of hydrogen-bond donors (Lipinski definition) is 0. The van der Waals surface area contributed by atoms with Crippen LogP contribution in [0.3, 0.4) is 0 Å². The average Bonchev–Trinajstić information content (AvgIpc) is 2.05. The van der Waals surface area contributed by atoms with Crippen LogP contribution in [0.5, 0.6) is 0 Å². The van der Waals surface area contributed by atoms with E-state index in [9.17, 15) is 4.91 Å². The second kappa shape index (κ2) is 5.90. The predicted molar refractivity (Wildman–Crippen MR) is 57.6 cm³/mol. The van der Waals surface area contributed by atoms with Crippen LogP contribution >= 0.6 is 0 Å². The molecule has 0 aliphatic heterocycles. The van der Waals surface area contributed by atoms with Crippen molar-refractivity contribution in [1.82, 2.24) is 0 Å². The SMILES string of the molecule is C=C(C)[C@H](N=O)[C@H](C)[C@H](C)CCC. The fourth-order valence-electron chi connectivity index (χ4n) is 1.66. The Labute approximate surface area is 81.4 Å². The zero-order chi connectivity index (χ0) is 10.4. The van der Waals surface area contributed by atoms with Crippen LogP contribution < -0.4 is 0 Å². The lowest BCUT2D eigenvalue weighted by molar-refractivity contribution is 0.328. The smallest absolute Gasteiger partial charge is 0.115 e. The van der Waals surface area contributed by atoms with Gasteiger partial charge in [-0.1, -0.05) is 50.9 Å². The van der Waals surface area contributed by atoms with Crippen LogP contribution in [0.1, 0.15) is 40.5 Å². The first-order chi connectivity index (χ1) is 6.04. The van der Waals surface area contributed by atoms with Gasteiger partial charge in [0.2, 0.25) is 0 Å². The van der Waals surface area contributed by atoms with Gasteiger partial charge in [-0.3, -0.25) is 0 Å². The van der Waals surface area contributed by atoms with Gasteiger partial charge >= 0.3 is 0 Å². The molecule has 0 amide bonds. The Hall–Kier alpha value is -0.660. The summed E-state index contributed by atoms with van der Waals surface area (Å²) in [7, 11) is 0. The molecule has 0 saturated heterocycles. The summed E-state index contributed by atoms with van der Waals surface area (Å²) in [5.41, 5.74) is 0.880. The summed E-state index contributed by atoms with van der Waals surface area (Å²) in [5.74, 6) is 0.861. The molecule has 0 aromatic rings. The first kappa shape index (κ1) is 12.3. The van der Waals surface area contributed by atoms with Crippen LogP contribution in [-0.4, -0.2) is 6.04 Å². The van der Waals surface area contributed by atoms with E-state index in [0.717, 1.165) is 18.4 Å². The van der Waals surface area contributed by atoms with E-state index in [-0.39, 0.29) is 6.04 Å². The third kappa shape index (κ3) is 3.71. The molecule has 0 radical (unpaired) electrons. The summed E-state index contributed by atoms with van der Waals surface area (Å²) in [6.45, 7) is 12.1. The number of nitrogens with zero attached hydrogens (tertiary/aromatic N) is 1. The van der Waals surface area contributed by atoms with Crippen molar-refractivity contribution in [2.24, 2.45) is 17.0 Å². The molecule has 0 aromatic heterocycles. The van der Waals surface area contributed by atoms with Crippen molar-refractivity contribution in [3.05, 3.63) is 17.1 Å². The van der Waals surface area contributed by atoms with Gasteiger partial charge in [-0.25, -0.2) is 0 Å². The highest BCUT2D eigenvalue weighted by molar-refractivity contribution is 5.04. The molecular formula is C11H21NO. The molecule has 0 spiro atoms. The summed E-state index contributed by atoms with van der Waals surface area (Å²) in [4.78, 5) is 10.6. The molecule has 0 rings (SSSR count). The van der Waals surface area contributed by atoms with Crippen LogP contribution in [-0.2, 0) is 0 Å². The van der Waals surface area contributed by atoms with Gasteiger partial charge in [-0.2, -0.15) is 4.91 Å². The zero-order valence-electron chi connectivity index (χ0n) is 9.21. The molecule has 0 aliphatic carbocycles. The Morgan fingerprint density at radius 3 is 2.31 bits per heavy atom. The lowest BCUT2D eigenvalue weighted by Gasteiger charge is -2.23. The van der Waals surface area contributed by atoms with Gasteiger partial charge < -0.3 is 0 Å². The largest absolute Gasteiger partial charge is 0.150 e. The van der Waals surface area contributed by atoms with Gasteiger partial charge in [0, 0.05) is 0 Å². The zero-order valence-corrected chi connectivity index (χ0v) is 9.21. The molecule has 0 N–H and O–H groups in total. The maximum atomic E-state index is 10.6. The fraction of sp³-hybridized carbons (Fsp3) is 0.818. The highest BCUT2D eigenvalue weighted by Gasteiger charge is 2.23. The van der Waals surface area contributed by atoms with Gasteiger partial charge in [0.1, 0.15) is 6.04 Å². The molecule has 0 heterocycles. The van der Waals surface area contributed by atoms with Gasteiger partial charge in [-0.05, 0) is 18.8 Å². The van der Waals surface area contributed by atoms with Crippen molar-refractivity contribution in [1.29, 1.82) is 0 Å². The van der Waals surface area contributed by atoms with Crippen molar-refractivity contribution < 1.29 is 0 Å². The third-order valence-corrected chi connectivity index (χ3v) is 2.76. The van der Waals surface area contributed by atoms with Crippen molar-refractivity contribution >= 4 is 0 Å². The maximum Gasteiger partial charge on any atom is 0.115 e. The minimum atomic E-state index is -0.207. The molecule has 13 heavy (non-hydrogen) atoms. The van der Waals surface area contributed by atoms with Gasteiger partial charge in [0.25, 0.3) is 0 Å².